The SMILES string of the molecule is Cc1cc(N(Cc2cccs2)C2CC2)nc(NN)n1. The molecule has 2 aromatic rings. The lowest BCUT2D eigenvalue weighted by Gasteiger charge is -2.23. The highest BCUT2D eigenvalue weighted by molar-refractivity contribution is 7.09. The van der Waals surface area contributed by atoms with E-state index in [1.54, 1.807) is 11.3 Å². The molecule has 3 N–H and O–H groups in total. The summed E-state index contributed by atoms with van der Waals surface area (Å²) in [5, 5.41) is 2.11. The van der Waals surface area contributed by atoms with E-state index in [1.807, 2.05) is 13.0 Å². The van der Waals surface area contributed by atoms with Crippen molar-refractivity contribution in [3.05, 3.63) is 34.2 Å². The molecule has 1 fully saturated rings. The van der Waals surface area contributed by atoms with Crippen molar-refractivity contribution in [2.24, 2.45) is 5.84 Å². The summed E-state index contributed by atoms with van der Waals surface area (Å²) in [7, 11) is 0. The highest BCUT2D eigenvalue weighted by Gasteiger charge is 2.30. The van der Waals surface area contributed by atoms with Gasteiger partial charge >= 0.3 is 0 Å². The zero-order valence-electron chi connectivity index (χ0n) is 10.8. The number of aromatic nitrogens is 2. The zero-order chi connectivity index (χ0) is 13.2. The number of hydrogen-bond acceptors (Lipinski definition) is 6. The van der Waals surface area contributed by atoms with Gasteiger partial charge in [-0.15, -0.1) is 11.3 Å². The van der Waals surface area contributed by atoms with Crippen molar-refractivity contribution < 1.29 is 0 Å². The van der Waals surface area contributed by atoms with Gasteiger partial charge in [-0.05, 0) is 31.2 Å². The molecule has 0 bridgehead atoms. The second-order valence-electron chi connectivity index (χ2n) is 4.77. The molecular weight excluding hydrogens is 258 g/mol. The van der Waals surface area contributed by atoms with Gasteiger partial charge in [-0.3, -0.25) is 5.43 Å². The monoisotopic (exact) mass is 275 g/mol. The van der Waals surface area contributed by atoms with Crippen LogP contribution >= 0.6 is 11.3 Å². The number of nitrogens with zero attached hydrogens (tertiary/aromatic N) is 3. The van der Waals surface area contributed by atoms with Crippen LogP contribution in [0.5, 0.6) is 0 Å². The van der Waals surface area contributed by atoms with Crippen LogP contribution in [0, 0.1) is 6.92 Å². The molecule has 0 spiro atoms. The van der Waals surface area contributed by atoms with Gasteiger partial charge in [-0.1, -0.05) is 6.07 Å². The third-order valence-corrected chi connectivity index (χ3v) is 4.02. The van der Waals surface area contributed by atoms with Crippen LogP contribution in [-0.4, -0.2) is 16.0 Å². The molecule has 0 saturated heterocycles. The largest absolute Gasteiger partial charge is 0.348 e. The molecule has 0 atom stereocenters. The third kappa shape index (κ3) is 2.85. The van der Waals surface area contributed by atoms with Gasteiger partial charge in [0.25, 0.3) is 0 Å². The predicted molar refractivity (Wildman–Crippen MR) is 78.1 cm³/mol. The molecule has 0 radical (unpaired) electrons. The molecule has 5 nitrogen and oxygen atoms in total. The fourth-order valence-electron chi connectivity index (χ4n) is 2.12. The third-order valence-electron chi connectivity index (χ3n) is 3.16. The van der Waals surface area contributed by atoms with Crippen molar-refractivity contribution in [2.75, 3.05) is 10.3 Å². The molecule has 6 heteroatoms. The van der Waals surface area contributed by atoms with Gasteiger partial charge < -0.3 is 4.90 Å². The summed E-state index contributed by atoms with van der Waals surface area (Å²) in [6.07, 6.45) is 2.47. The number of hydrazine groups is 1. The Labute approximate surface area is 116 Å². The molecule has 0 unspecified atom stereocenters. The van der Waals surface area contributed by atoms with E-state index >= 15 is 0 Å². The summed E-state index contributed by atoms with van der Waals surface area (Å²) in [5.74, 6) is 6.86. The van der Waals surface area contributed by atoms with Crippen LogP contribution in [0.4, 0.5) is 11.8 Å². The second-order valence-corrected chi connectivity index (χ2v) is 5.81. The lowest BCUT2D eigenvalue weighted by atomic mass is 10.3. The maximum absolute atomic E-state index is 5.42. The van der Waals surface area contributed by atoms with Crippen molar-refractivity contribution >= 4 is 23.1 Å². The van der Waals surface area contributed by atoms with Crippen LogP contribution < -0.4 is 16.2 Å². The van der Waals surface area contributed by atoms with Crippen LogP contribution in [0.15, 0.2) is 23.6 Å². The maximum Gasteiger partial charge on any atom is 0.239 e. The first-order valence-corrected chi connectivity index (χ1v) is 7.25. The Morgan fingerprint density at radius 1 is 1.47 bits per heavy atom. The van der Waals surface area contributed by atoms with Crippen LogP contribution in [0.1, 0.15) is 23.4 Å². The molecule has 1 aliphatic carbocycles. The number of rotatable bonds is 5. The van der Waals surface area contributed by atoms with Crippen molar-refractivity contribution in [1.82, 2.24) is 9.97 Å². The Bertz CT molecular complexity index is 550. The first-order valence-electron chi connectivity index (χ1n) is 6.37. The van der Waals surface area contributed by atoms with E-state index in [1.165, 1.54) is 17.7 Å². The number of thiophene rings is 1. The Balaban J connectivity index is 1.89. The molecule has 2 heterocycles. The van der Waals surface area contributed by atoms with Crippen molar-refractivity contribution in [3.63, 3.8) is 0 Å². The Hall–Kier alpha value is -1.66. The summed E-state index contributed by atoms with van der Waals surface area (Å²) in [6, 6.07) is 6.87. The van der Waals surface area contributed by atoms with E-state index in [0.717, 1.165) is 18.1 Å². The quantitative estimate of drug-likeness (QED) is 0.647. The van der Waals surface area contributed by atoms with Crippen molar-refractivity contribution in [1.29, 1.82) is 0 Å². The van der Waals surface area contributed by atoms with Crippen LogP contribution in [0.25, 0.3) is 0 Å². The van der Waals surface area contributed by atoms with Gasteiger partial charge in [0.1, 0.15) is 5.82 Å². The normalized spacial score (nSPS) is 14.4. The maximum atomic E-state index is 5.42. The lowest BCUT2D eigenvalue weighted by Crippen LogP contribution is -2.26. The van der Waals surface area contributed by atoms with Crippen molar-refractivity contribution in [2.45, 2.75) is 32.4 Å². The fraction of sp³-hybridized carbons (Fsp3) is 0.385. The molecule has 0 aliphatic heterocycles. The van der Waals surface area contributed by atoms with Crippen molar-refractivity contribution in [3.8, 4) is 0 Å². The van der Waals surface area contributed by atoms with Crippen LogP contribution in [0.3, 0.4) is 0 Å². The Kier molecular flexibility index (Phi) is 3.35. The van der Waals surface area contributed by atoms with Crippen LogP contribution in [0.2, 0.25) is 0 Å². The van der Waals surface area contributed by atoms with Gasteiger partial charge in [0.15, 0.2) is 0 Å². The molecule has 1 saturated carbocycles. The minimum atomic E-state index is 0.479. The van der Waals surface area contributed by atoms with E-state index in [-0.39, 0.29) is 0 Å². The summed E-state index contributed by atoms with van der Waals surface area (Å²) in [5.41, 5.74) is 3.46. The average molecular weight is 275 g/mol. The predicted octanol–water partition coefficient (Wildman–Crippen LogP) is 2.30. The Morgan fingerprint density at radius 2 is 2.32 bits per heavy atom. The standard InChI is InChI=1S/C13H17N5S/c1-9-7-12(16-13(15-9)17-14)18(10-4-5-10)8-11-3-2-6-19-11/h2-3,6-7,10H,4-5,8,14H2,1H3,(H,15,16,17). The molecule has 2 aromatic heterocycles. The van der Waals surface area contributed by atoms with E-state index in [2.05, 4.69) is 37.8 Å². The van der Waals surface area contributed by atoms with Gasteiger partial charge in [0.2, 0.25) is 5.95 Å². The minimum Gasteiger partial charge on any atom is -0.348 e. The topological polar surface area (TPSA) is 67.1 Å². The number of aryl methyl sites for hydroxylation is 1. The summed E-state index contributed by atoms with van der Waals surface area (Å²) < 4.78 is 0. The van der Waals surface area contributed by atoms with Gasteiger partial charge in [-0.2, -0.15) is 4.98 Å². The molecule has 19 heavy (non-hydrogen) atoms. The molecule has 3 rings (SSSR count). The molecular formula is C13H17N5S. The van der Waals surface area contributed by atoms with Gasteiger partial charge in [-0.25, -0.2) is 10.8 Å². The van der Waals surface area contributed by atoms with Gasteiger partial charge in [0, 0.05) is 22.7 Å². The zero-order valence-corrected chi connectivity index (χ0v) is 11.7. The first kappa shape index (κ1) is 12.4. The molecule has 0 aromatic carbocycles. The number of nitrogen functional groups attached to an aromatic ring is 1. The number of nitrogens with two attached hydrogens (primary N) is 1. The Morgan fingerprint density at radius 3 is 2.95 bits per heavy atom. The molecule has 0 amide bonds. The smallest absolute Gasteiger partial charge is 0.239 e. The van der Waals surface area contributed by atoms with E-state index < -0.39 is 0 Å². The summed E-state index contributed by atoms with van der Waals surface area (Å²) in [6.45, 7) is 2.87. The second kappa shape index (κ2) is 5.14. The number of anilines is 2. The molecule has 100 valence electrons. The molecule has 1 aliphatic rings. The van der Waals surface area contributed by atoms with E-state index in [4.69, 9.17) is 5.84 Å². The number of hydrogen-bond donors (Lipinski definition) is 2. The fourth-order valence-corrected chi connectivity index (χ4v) is 2.82. The van der Waals surface area contributed by atoms with E-state index in [9.17, 15) is 0 Å². The highest BCUT2D eigenvalue weighted by atomic mass is 32.1. The number of nitrogens with one attached hydrogen (secondary N) is 1. The average Bonchev–Trinajstić information content (AvgIpc) is 3.12. The highest BCUT2D eigenvalue weighted by Crippen LogP contribution is 2.33. The minimum absolute atomic E-state index is 0.479. The summed E-state index contributed by atoms with van der Waals surface area (Å²) in [4.78, 5) is 12.4. The lowest BCUT2D eigenvalue weighted by molar-refractivity contribution is 0.782. The van der Waals surface area contributed by atoms with Gasteiger partial charge in [0.05, 0.1) is 6.54 Å². The van der Waals surface area contributed by atoms with E-state index in [0.29, 0.717) is 12.0 Å². The summed E-state index contributed by atoms with van der Waals surface area (Å²) >= 11 is 1.78. The van der Waals surface area contributed by atoms with Crippen LogP contribution in [-0.2, 0) is 6.54 Å². The first-order chi connectivity index (χ1) is 9.26.